The molecule has 0 saturated carbocycles. The van der Waals surface area contributed by atoms with Crippen LogP contribution in [0.25, 0.3) is 0 Å². The Morgan fingerprint density at radius 1 is 1.62 bits per heavy atom. The Labute approximate surface area is 89.8 Å². The van der Waals surface area contributed by atoms with E-state index in [0.29, 0.717) is 6.92 Å². The van der Waals surface area contributed by atoms with E-state index in [4.69, 9.17) is 0 Å². The lowest BCUT2D eigenvalue weighted by molar-refractivity contribution is 0.0120. The SMILES string of the molecule is CCOC(=O)c1n[nH]c(C(C)(F)F)c1C=O. The van der Waals surface area contributed by atoms with Gasteiger partial charge in [-0.25, -0.2) is 4.79 Å². The molecule has 0 aliphatic heterocycles. The predicted molar refractivity (Wildman–Crippen MR) is 49.5 cm³/mol. The number of halogens is 2. The molecule has 0 amide bonds. The van der Waals surface area contributed by atoms with Gasteiger partial charge in [0.1, 0.15) is 5.69 Å². The number of nitrogens with zero attached hydrogens (tertiary/aromatic N) is 1. The van der Waals surface area contributed by atoms with E-state index >= 15 is 0 Å². The zero-order valence-electron chi connectivity index (χ0n) is 8.71. The summed E-state index contributed by atoms with van der Waals surface area (Å²) in [6.07, 6.45) is 0.155. The minimum absolute atomic E-state index is 0.0713. The lowest BCUT2D eigenvalue weighted by Crippen LogP contribution is -2.12. The summed E-state index contributed by atoms with van der Waals surface area (Å²) in [5.74, 6) is -4.18. The fourth-order valence-corrected chi connectivity index (χ4v) is 1.16. The number of rotatable bonds is 4. The van der Waals surface area contributed by atoms with Gasteiger partial charge in [0, 0.05) is 6.92 Å². The van der Waals surface area contributed by atoms with Crippen LogP contribution >= 0.6 is 0 Å². The summed E-state index contributed by atoms with van der Waals surface area (Å²) in [6, 6.07) is 0. The van der Waals surface area contributed by atoms with E-state index in [1.165, 1.54) is 0 Å². The summed E-state index contributed by atoms with van der Waals surface area (Å²) in [4.78, 5) is 21.9. The van der Waals surface area contributed by atoms with Crippen molar-refractivity contribution >= 4 is 12.3 Å². The Morgan fingerprint density at radius 2 is 2.25 bits per heavy atom. The van der Waals surface area contributed by atoms with Gasteiger partial charge in [-0.05, 0) is 6.92 Å². The smallest absolute Gasteiger partial charge is 0.359 e. The highest BCUT2D eigenvalue weighted by atomic mass is 19.3. The lowest BCUT2D eigenvalue weighted by Gasteiger charge is -2.07. The van der Waals surface area contributed by atoms with Gasteiger partial charge in [-0.15, -0.1) is 0 Å². The number of aromatic nitrogens is 2. The highest BCUT2D eigenvalue weighted by molar-refractivity contribution is 5.97. The Balaban J connectivity index is 3.19. The number of carbonyl (C=O) groups excluding carboxylic acids is 2. The lowest BCUT2D eigenvalue weighted by atomic mass is 10.1. The normalized spacial score (nSPS) is 11.2. The van der Waals surface area contributed by atoms with Crippen molar-refractivity contribution in [3.63, 3.8) is 0 Å². The van der Waals surface area contributed by atoms with Crippen molar-refractivity contribution in [2.24, 2.45) is 0 Å². The first-order valence-electron chi connectivity index (χ1n) is 4.50. The molecule has 1 heterocycles. The van der Waals surface area contributed by atoms with Gasteiger partial charge in [-0.1, -0.05) is 0 Å². The van der Waals surface area contributed by atoms with Crippen molar-refractivity contribution < 1.29 is 23.1 Å². The number of hydrogen-bond donors (Lipinski definition) is 1. The third-order valence-electron chi connectivity index (χ3n) is 1.83. The fraction of sp³-hybridized carbons (Fsp3) is 0.444. The molecule has 16 heavy (non-hydrogen) atoms. The van der Waals surface area contributed by atoms with E-state index in [0.717, 1.165) is 0 Å². The fourth-order valence-electron chi connectivity index (χ4n) is 1.16. The first-order chi connectivity index (χ1) is 7.41. The molecule has 0 spiro atoms. The minimum atomic E-state index is -3.27. The molecule has 1 aromatic rings. The van der Waals surface area contributed by atoms with E-state index < -0.39 is 28.8 Å². The topological polar surface area (TPSA) is 72.0 Å². The van der Waals surface area contributed by atoms with Gasteiger partial charge >= 0.3 is 5.97 Å². The predicted octanol–water partition coefficient (Wildman–Crippen LogP) is 1.51. The number of aldehydes is 1. The van der Waals surface area contributed by atoms with Crippen LogP contribution in [0.1, 0.15) is 40.4 Å². The van der Waals surface area contributed by atoms with Crippen LogP contribution in [-0.2, 0) is 10.7 Å². The molecule has 0 atom stereocenters. The van der Waals surface area contributed by atoms with E-state index in [1.807, 2.05) is 5.10 Å². The highest BCUT2D eigenvalue weighted by Crippen LogP contribution is 2.28. The number of carbonyl (C=O) groups is 2. The van der Waals surface area contributed by atoms with E-state index in [1.54, 1.807) is 6.92 Å². The summed E-state index contributed by atoms with van der Waals surface area (Å²) in [6.45, 7) is 2.23. The largest absolute Gasteiger partial charge is 0.461 e. The molecule has 1 aromatic heterocycles. The number of H-pyrrole nitrogens is 1. The molecule has 1 N–H and O–H groups in total. The third kappa shape index (κ3) is 2.23. The monoisotopic (exact) mass is 232 g/mol. The van der Waals surface area contributed by atoms with Crippen LogP contribution in [0.15, 0.2) is 0 Å². The number of ether oxygens (including phenoxy) is 1. The number of aromatic amines is 1. The second-order valence-electron chi connectivity index (χ2n) is 3.09. The molecule has 0 aliphatic carbocycles. The number of hydrogen-bond acceptors (Lipinski definition) is 4. The van der Waals surface area contributed by atoms with Crippen molar-refractivity contribution in [2.75, 3.05) is 6.61 Å². The Hall–Kier alpha value is -1.79. The van der Waals surface area contributed by atoms with Crippen molar-refractivity contribution in [2.45, 2.75) is 19.8 Å². The molecule has 0 aromatic carbocycles. The van der Waals surface area contributed by atoms with Crippen molar-refractivity contribution in [1.29, 1.82) is 0 Å². The van der Waals surface area contributed by atoms with Crippen LogP contribution in [0.4, 0.5) is 8.78 Å². The van der Waals surface area contributed by atoms with Gasteiger partial charge in [0.2, 0.25) is 0 Å². The molecule has 88 valence electrons. The standard InChI is InChI=1S/C9H10F2N2O3/c1-3-16-8(15)6-5(4-14)7(13-12-6)9(2,10)11/h4H,3H2,1-2H3,(H,12,13). The van der Waals surface area contributed by atoms with Crippen LogP contribution in [0.3, 0.4) is 0 Å². The Kier molecular flexibility index (Phi) is 3.36. The molecule has 1 rings (SSSR count). The van der Waals surface area contributed by atoms with E-state index in [9.17, 15) is 18.4 Å². The molecular weight excluding hydrogens is 222 g/mol. The zero-order chi connectivity index (χ0) is 12.3. The zero-order valence-corrected chi connectivity index (χ0v) is 8.71. The average Bonchev–Trinajstić information content (AvgIpc) is 2.60. The van der Waals surface area contributed by atoms with Gasteiger partial charge in [0.15, 0.2) is 12.0 Å². The van der Waals surface area contributed by atoms with Crippen molar-refractivity contribution in [3.05, 3.63) is 17.0 Å². The first kappa shape index (κ1) is 12.3. The Morgan fingerprint density at radius 3 is 2.69 bits per heavy atom. The molecule has 0 saturated heterocycles. The molecule has 0 unspecified atom stereocenters. The summed E-state index contributed by atoms with van der Waals surface area (Å²) in [5.41, 5.74) is -1.58. The molecule has 0 radical (unpaired) electrons. The maximum atomic E-state index is 13.0. The van der Waals surface area contributed by atoms with Crippen molar-refractivity contribution in [1.82, 2.24) is 10.2 Å². The van der Waals surface area contributed by atoms with Gasteiger partial charge < -0.3 is 4.74 Å². The molecule has 7 heteroatoms. The molecule has 0 aliphatic rings. The quantitative estimate of drug-likeness (QED) is 0.630. The molecule has 5 nitrogen and oxygen atoms in total. The highest BCUT2D eigenvalue weighted by Gasteiger charge is 2.33. The van der Waals surface area contributed by atoms with Crippen LogP contribution in [0.5, 0.6) is 0 Å². The minimum Gasteiger partial charge on any atom is -0.461 e. The number of nitrogens with one attached hydrogen (secondary N) is 1. The second kappa shape index (κ2) is 4.38. The van der Waals surface area contributed by atoms with E-state index in [2.05, 4.69) is 9.84 Å². The second-order valence-corrected chi connectivity index (χ2v) is 3.09. The maximum absolute atomic E-state index is 13.0. The third-order valence-corrected chi connectivity index (χ3v) is 1.83. The van der Waals surface area contributed by atoms with Gasteiger partial charge in [0.25, 0.3) is 5.92 Å². The van der Waals surface area contributed by atoms with Crippen LogP contribution in [-0.4, -0.2) is 29.1 Å². The summed E-state index contributed by atoms with van der Waals surface area (Å²) in [5, 5.41) is 5.33. The Bertz CT molecular complexity index is 409. The molecular formula is C9H10F2N2O3. The average molecular weight is 232 g/mol. The summed E-state index contributed by atoms with van der Waals surface area (Å²) < 4.78 is 30.5. The van der Waals surface area contributed by atoms with Crippen LogP contribution in [0, 0.1) is 0 Å². The number of alkyl halides is 2. The molecule has 0 bridgehead atoms. The van der Waals surface area contributed by atoms with Crippen LogP contribution < -0.4 is 0 Å². The van der Waals surface area contributed by atoms with Gasteiger partial charge in [-0.2, -0.15) is 13.9 Å². The van der Waals surface area contributed by atoms with Gasteiger partial charge in [0.05, 0.1) is 12.2 Å². The molecule has 0 fully saturated rings. The van der Waals surface area contributed by atoms with Crippen molar-refractivity contribution in [3.8, 4) is 0 Å². The van der Waals surface area contributed by atoms with Gasteiger partial charge in [-0.3, -0.25) is 9.89 Å². The van der Waals surface area contributed by atoms with Crippen LogP contribution in [0.2, 0.25) is 0 Å². The summed E-state index contributed by atoms with van der Waals surface area (Å²) in [7, 11) is 0. The maximum Gasteiger partial charge on any atom is 0.359 e. The summed E-state index contributed by atoms with van der Waals surface area (Å²) >= 11 is 0. The first-order valence-corrected chi connectivity index (χ1v) is 4.50. The van der Waals surface area contributed by atoms with E-state index in [-0.39, 0.29) is 12.9 Å². The number of esters is 1.